The first kappa shape index (κ1) is 15.9. The van der Waals surface area contributed by atoms with Gasteiger partial charge in [0.05, 0.1) is 33.6 Å². The van der Waals surface area contributed by atoms with E-state index in [0.717, 1.165) is 23.8 Å². The van der Waals surface area contributed by atoms with Crippen molar-refractivity contribution in [1.82, 2.24) is 0 Å². The average Bonchev–Trinajstić information content (AvgIpc) is 2.35. The molecule has 0 saturated carbocycles. The largest absolute Gasteiger partial charge is 0.115 e. The molecule has 0 spiro atoms. The maximum Gasteiger partial charge on any atom is 0.115 e. The van der Waals surface area contributed by atoms with E-state index >= 15 is 0 Å². The lowest BCUT2D eigenvalue weighted by Crippen LogP contribution is -2.19. The molecule has 0 aliphatic carbocycles. The van der Waals surface area contributed by atoms with E-state index in [0.29, 0.717) is 20.1 Å². The number of benzene rings is 1. The summed E-state index contributed by atoms with van der Waals surface area (Å²) < 4.78 is 0. The Hall–Kier alpha value is 0.810. The molecule has 1 aromatic carbocycles. The molecule has 0 unspecified atom stereocenters. The van der Waals surface area contributed by atoms with Gasteiger partial charge in [0.1, 0.15) is 10.3 Å². The number of hydrogen-bond acceptors (Lipinski definition) is 0. The first-order chi connectivity index (χ1) is 7.93. The van der Waals surface area contributed by atoms with Crippen LogP contribution in [0.3, 0.4) is 0 Å². The lowest BCUT2D eigenvalue weighted by Gasteiger charge is -2.25. The van der Waals surface area contributed by atoms with Gasteiger partial charge in [-0.15, -0.1) is 0 Å². The lowest BCUT2D eigenvalue weighted by atomic mass is 10.3. The summed E-state index contributed by atoms with van der Waals surface area (Å²) in [6, 6.07) is 1.91. The van der Waals surface area contributed by atoms with E-state index in [1.165, 1.54) is 0 Å². The van der Waals surface area contributed by atoms with E-state index in [1.807, 2.05) is 6.07 Å². The highest BCUT2D eigenvalue weighted by atomic mass is 35.5. The average molecular weight is 333 g/mol. The zero-order valence-electron chi connectivity index (χ0n) is 10.2. The van der Waals surface area contributed by atoms with Gasteiger partial charge in [-0.2, -0.15) is 0 Å². The van der Waals surface area contributed by atoms with Crippen molar-refractivity contribution in [2.24, 2.45) is 0 Å². The zero-order valence-corrected chi connectivity index (χ0v) is 14.1. The fourth-order valence-corrected chi connectivity index (χ4v) is 6.86. The molecular weight excluding hydrogens is 317 g/mol. The second-order valence-electron chi connectivity index (χ2n) is 3.91. The highest BCUT2D eigenvalue weighted by molar-refractivity contribution is 7.83. The fraction of sp³-hybridized carbons (Fsp3) is 0.500. The van der Waals surface area contributed by atoms with E-state index in [1.54, 1.807) is 0 Å². The molecule has 17 heavy (non-hydrogen) atoms. The monoisotopic (exact) mass is 331 g/mol. The van der Waals surface area contributed by atoms with Crippen molar-refractivity contribution in [3.05, 3.63) is 26.2 Å². The zero-order chi connectivity index (χ0) is 13.2. The molecule has 0 N–H and O–H groups in total. The summed E-state index contributed by atoms with van der Waals surface area (Å²) in [4.78, 5) is 0. The first-order valence-corrected chi connectivity index (χ1v) is 9.48. The summed E-state index contributed by atoms with van der Waals surface area (Å²) in [6.07, 6.45) is 3.32. The molecule has 0 aliphatic rings. The van der Waals surface area contributed by atoms with Gasteiger partial charge >= 0.3 is 0 Å². The Labute approximate surface area is 124 Å². The van der Waals surface area contributed by atoms with E-state index in [2.05, 4.69) is 20.8 Å². The van der Waals surface area contributed by atoms with Crippen LogP contribution in [-0.4, -0.2) is 18.5 Å². The smallest absolute Gasteiger partial charge is 0.0825 e. The second kappa shape index (κ2) is 6.31. The van der Waals surface area contributed by atoms with Crippen LogP contribution < -0.4 is 5.30 Å². The van der Waals surface area contributed by atoms with Gasteiger partial charge in [-0.05, 0) is 20.8 Å². The van der Waals surface area contributed by atoms with Gasteiger partial charge in [-0.3, -0.25) is 0 Å². The van der Waals surface area contributed by atoms with Crippen LogP contribution in [-0.2, 0) is 0 Å². The molecule has 0 bridgehead atoms. The summed E-state index contributed by atoms with van der Waals surface area (Å²) in [5.74, 6) is 0. The quantitative estimate of drug-likeness (QED) is 0.360. The minimum atomic E-state index is -1.26. The molecular formula is C12H16Cl4P+. The van der Waals surface area contributed by atoms with Crippen molar-refractivity contribution in [2.75, 3.05) is 18.5 Å². The molecule has 1 aromatic rings. The SMILES string of the molecule is CC[P+](CC)(CC)c1cc(Cl)c(Cl)c(Cl)c1Cl. The summed E-state index contributed by atoms with van der Waals surface area (Å²) in [5, 5.41) is 2.93. The van der Waals surface area contributed by atoms with E-state index in [4.69, 9.17) is 46.4 Å². The maximum atomic E-state index is 6.34. The standard InChI is InChI=1S/C12H16Cl4P/c1-4-17(5-2,6-3)9-7-8(13)10(14)12(16)11(9)15/h7H,4-6H2,1-3H3/q+1. The van der Waals surface area contributed by atoms with E-state index in [-0.39, 0.29) is 0 Å². The van der Waals surface area contributed by atoms with E-state index in [9.17, 15) is 0 Å². The molecule has 0 fully saturated rings. The van der Waals surface area contributed by atoms with Crippen molar-refractivity contribution >= 4 is 59.0 Å². The molecule has 5 heteroatoms. The first-order valence-electron chi connectivity index (χ1n) is 5.63. The number of rotatable bonds is 4. The van der Waals surface area contributed by atoms with Crippen molar-refractivity contribution < 1.29 is 0 Å². The van der Waals surface area contributed by atoms with Crippen molar-refractivity contribution in [3.63, 3.8) is 0 Å². The number of halogens is 4. The van der Waals surface area contributed by atoms with Crippen LogP contribution in [0.5, 0.6) is 0 Å². The van der Waals surface area contributed by atoms with Gasteiger partial charge in [-0.25, -0.2) is 0 Å². The molecule has 0 nitrogen and oxygen atoms in total. The Balaban J connectivity index is 3.50. The van der Waals surface area contributed by atoms with Crippen molar-refractivity contribution in [3.8, 4) is 0 Å². The predicted octanol–water partition coefficient (Wildman–Crippen LogP) is 6.00. The molecule has 0 atom stereocenters. The summed E-state index contributed by atoms with van der Waals surface area (Å²) in [5.41, 5.74) is 0. The van der Waals surface area contributed by atoms with Crippen molar-refractivity contribution in [1.29, 1.82) is 0 Å². The Morgan fingerprint density at radius 2 is 1.29 bits per heavy atom. The van der Waals surface area contributed by atoms with Gasteiger partial charge < -0.3 is 0 Å². The molecule has 0 aliphatic heterocycles. The van der Waals surface area contributed by atoms with Crippen LogP contribution in [0.4, 0.5) is 0 Å². The van der Waals surface area contributed by atoms with Gasteiger partial charge in [0.25, 0.3) is 0 Å². The third-order valence-corrected chi connectivity index (χ3v) is 10.3. The summed E-state index contributed by atoms with van der Waals surface area (Å²) >= 11 is 24.6. The summed E-state index contributed by atoms with van der Waals surface area (Å²) in [6.45, 7) is 6.61. The Morgan fingerprint density at radius 1 is 0.824 bits per heavy atom. The molecule has 96 valence electrons. The molecule has 0 heterocycles. The summed E-state index contributed by atoms with van der Waals surface area (Å²) in [7, 11) is -1.26. The fourth-order valence-electron chi connectivity index (χ4n) is 2.09. The topological polar surface area (TPSA) is 0 Å². The predicted molar refractivity (Wildman–Crippen MR) is 84.7 cm³/mol. The van der Waals surface area contributed by atoms with Crippen LogP contribution in [0.1, 0.15) is 20.8 Å². The molecule has 0 saturated heterocycles. The van der Waals surface area contributed by atoms with Gasteiger partial charge in [0.15, 0.2) is 0 Å². The van der Waals surface area contributed by atoms with Crippen molar-refractivity contribution in [2.45, 2.75) is 20.8 Å². The Morgan fingerprint density at radius 3 is 1.71 bits per heavy atom. The Bertz CT molecular complexity index is 405. The number of hydrogen-bond donors (Lipinski definition) is 0. The minimum absolute atomic E-state index is 0.350. The minimum Gasteiger partial charge on any atom is -0.0825 e. The Kier molecular flexibility index (Phi) is 5.89. The third kappa shape index (κ3) is 2.88. The van der Waals surface area contributed by atoms with Gasteiger partial charge in [-0.1, -0.05) is 46.4 Å². The van der Waals surface area contributed by atoms with Crippen LogP contribution in [0.2, 0.25) is 20.1 Å². The van der Waals surface area contributed by atoms with Crippen LogP contribution >= 0.6 is 53.7 Å². The molecule has 1 rings (SSSR count). The van der Waals surface area contributed by atoms with Gasteiger partial charge in [0, 0.05) is 13.3 Å². The second-order valence-corrected chi connectivity index (χ2v) is 10.1. The van der Waals surface area contributed by atoms with Crippen LogP contribution in [0, 0.1) is 0 Å². The van der Waals surface area contributed by atoms with Crippen LogP contribution in [0.15, 0.2) is 6.07 Å². The molecule has 0 aromatic heterocycles. The third-order valence-electron chi connectivity index (χ3n) is 3.41. The lowest BCUT2D eigenvalue weighted by molar-refractivity contribution is 1.32. The normalized spacial score (nSPS) is 11.9. The van der Waals surface area contributed by atoms with Crippen LogP contribution in [0.25, 0.3) is 0 Å². The van der Waals surface area contributed by atoms with Gasteiger partial charge in [0.2, 0.25) is 0 Å². The highest BCUT2D eigenvalue weighted by Gasteiger charge is 2.38. The molecule has 0 amide bonds. The highest BCUT2D eigenvalue weighted by Crippen LogP contribution is 2.59. The maximum absolute atomic E-state index is 6.34. The van der Waals surface area contributed by atoms with E-state index < -0.39 is 7.26 Å². The molecule has 0 radical (unpaired) electrons.